The number of pyridine rings is 1. The summed E-state index contributed by atoms with van der Waals surface area (Å²) in [5.74, 6) is 1.42. The van der Waals surface area contributed by atoms with E-state index in [1.165, 1.54) is 30.2 Å². The van der Waals surface area contributed by atoms with Gasteiger partial charge in [-0.1, -0.05) is 17.8 Å². The highest BCUT2D eigenvalue weighted by atomic mass is 32.2. The van der Waals surface area contributed by atoms with Gasteiger partial charge in [0.15, 0.2) is 5.12 Å². The summed E-state index contributed by atoms with van der Waals surface area (Å²) in [6.07, 6.45) is 6.82. The molecule has 0 aromatic carbocycles. The van der Waals surface area contributed by atoms with Crippen LogP contribution in [0.25, 0.3) is 5.65 Å². The average molecular weight is 246 g/mol. The lowest BCUT2D eigenvalue weighted by Crippen LogP contribution is -1.86. The molecule has 3 rings (SSSR count). The molecule has 0 spiro atoms. The normalized spacial score (nSPS) is 15.4. The van der Waals surface area contributed by atoms with Gasteiger partial charge in [-0.3, -0.25) is 4.79 Å². The Kier molecular flexibility index (Phi) is 2.67. The van der Waals surface area contributed by atoms with Gasteiger partial charge >= 0.3 is 0 Å². The second kappa shape index (κ2) is 4.18. The Morgan fingerprint density at radius 3 is 3.00 bits per heavy atom. The molecule has 0 bridgehead atoms. The van der Waals surface area contributed by atoms with Crippen molar-refractivity contribution in [1.29, 1.82) is 0 Å². The van der Waals surface area contributed by atoms with Crippen LogP contribution in [0.1, 0.15) is 36.9 Å². The molecule has 0 atom stereocenters. The summed E-state index contributed by atoms with van der Waals surface area (Å²) < 4.78 is 2.07. The van der Waals surface area contributed by atoms with E-state index in [1.807, 2.05) is 6.20 Å². The number of aromatic nitrogens is 2. The number of imidazole rings is 1. The van der Waals surface area contributed by atoms with Crippen molar-refractivity contribution >= 4 is 22.5 Å². The van der Waals surface area contributed by atoms with Crippen molar-refractivity contribution in [1.82, 2.24) is 9.38 Å². The van der Waals surface area contributed by atoms with E-state index in [1.54, 1.807) is 6.92 Å². The van der Waals surface area contributed by atoms with Crippen molar-refractivity contribution in [3.05, 3.63) is 35.8 Å². The number of hydrogen-bond acceptors (Lipinski definition) is 3. The molecule has 0 unspecified atom stereocenters. The van der Waals surface area contributed by atoms with E-state index in [9.17, 15) is 4.79 Å². The van der Waals surface area contributed by atoms with Crippen LogP contribution in [0.15, 0.2) is 24.5 Å². The highest BCUT2D eigenvalue weighted by molar-refractivity contribution is 8.12. The van der Waals surface area contributed by atoms with Crippen LogP contribution in [0.4, 0.5) is 0 Å². The van der Waals surface area contributed by atoms with E-state index in [4.69, 9.17) is 0 Å². The van der Waals surface area contributed by atoms with Crippen LogP contribution in [-0.4, -0.2) is 14.5 Å². The van der Waals surface area contributed by atoms with Crippen molar-refractivity contribution < 1.29 is 4.79 Å². The number of fused-ring (bicyclic) bond motifs is 1. The third-order valence-corrected chi connectivity index (χ3v) is 3.84. The Balaban J connectivity index is 1.87. The molecule has 17 heavy (non-hydrogen) atoms. The van der Waals surface area contributed by atoms with Crippen LogP contribution in [0.5, 0.6) is 0 Å². The van der Waals surface area contributed by atoms with Crippen LogP contribution in [0.2, 0.25) is 0 Å². The molecular formula is C13H14N2OS. The third-order valence-electron chi connectivity index (χ3n) is 3.00. The van der Waals surface area contributed by atoms with Crippen molar-refractivity contribution in [2.75, 3.05) is 0 Å². The lowest BCUT2D eigenvalue weighted by atomic mass is 10.2. The molecule has 2 heterocycles. The summed E-state index contributed by atoms with van der Waals surface area (Å²) in [4.78, 5) is 15.4. The number of rotatable bonds is 3. The maximum atomic E-state index is 10.9. The lowest BCUT2D eigenvalue weighted by molar-refractivity contribution is -0.109. The molecule has 2 aromatic heterocycles. The smallest absolute Gasteiger partial charge is 0.186 e. The molecule has 2 aromatic rings. The Morgan fingerprint density at radius 1 is 1.47 bits per heavy atom. The zero-order chi connectivity index (χ0) is 11.8. The van der Waals surface area contributed by atoms with Crippen molar-refractivity contribution in [3.8, 4) is 0 Å². The highest BCUT2D eigenvalue weighted by Gasteiger charge is 2.23. The highest BCUT2D eigenvalue weighted by Crippen LogP contribution is 2.39. The number of hydrogen-bond donors (Lipinski definition) is 0. The van der Waals surface area contributed by atoms with Gasteiger partial charge in [0.2, 0.25) is 0 Å². The monoisotopic (exact) mass is 246 g/mol. The van der Waals surface area contributed by atoms with E-state index in [0.29, 0.717) is 5.75 Å². The van der Waals surface area contributed by atoms with Gasteiger partial charge in [0, 0.05) is 25.1 Å². The second-order valence-corrected chi connectivity index (χ2v) is 5.67. The molecule has 0 radical (unpaired) electrons. The van der Waals surface area contributed by atoms with E-state index in [2.05, 4.69) is 27.7 Å². The van der Waals surface area contributed by atoms with Gasteiger partial charge in [-0.15, -0.1) is 0 Å². The van der Waals surface area contributed by atoms with Crippen LogP contribution >= 0.6 is 11.8 Å². The van der Waals surface area contributed by atoms with Gasteiger partial charge < -0.3 is 4.40 Å². The molecule has 1 fully saturated rings. The van der Waals surface area contributed by atoms with Gasteiger partial charge in [-0.25, -0.2) is 4.98 Å². The Labute approximate surface area is 104 Å². The minimum Gasteiger partial charge on any atom is -0.307 e. The van der Waals surface area contributed by atoms with Crippen LogP contribution in [0.3, 0.4) is 0 Å². The summed E-state index contributed by atoms with van der Waals surface area (Å²) in [6.45, 7) is 1.59. The molecule has 1 aliphatic carbocycles. The fourth-order valence-corrected chi connectivity index (χ4v) is 2.46. The number of carbonyl (C=O) groups excluding carboxylic acids is 1. The molecule has 3 nitrogen and oxygen atoms in total. The Bertz CT molecular complexity index is 572. The zero-order valence-corrected chi connectivity index (χ0v) is 10.5. The third kappa shape index (κ3) is 2.36. The predicted octanol–water partition coefficient (Wildman–Crippen LogP) is 2.99. The lowest BCUT2D eigenvalue weighted by Gasteiger charge is -1.98. The summed E-state index contributed by atoms with van der Waals surface area (Å²) in [6, 6.07) is 4.23. The molecule has 1 aliphatic rings. The first-order valence-corrected chi connectivity index (χ1v) is 6.82. The fraction of sp³-hybridized carbons (Fsp3) is 0.385. The molecule has 0 N–H and O–H groups in total. The van der Waals surface area contributed by atoms with Gasteiger partial charge in [-0.2, -0.15) is 0 Å². The van der Waals surface area contributed by atoms with Crippen LogP contribution in [-0.2, 0) is 10.5 Å². The SMILES string of the molecule is CC(=O)SCc1cn2cc(C3CC3)ccc2n1. The largest absolute Gasteiger partial charge is 0.307 e. The first-order chi connectivity index (χ1) is 8.22. The minimum absolute atomic E-state index is 0.140. The van der Waals surface area contributed by atoms with Gasteiger partial charge in [0.1, 0.15) is 5.65 Å². The van der Waals surface area contributed by atoms with Crippen molar-refractivity contribution in [3.63, 3.8) is 0 Å². The molecule has 88 valence electrons. The number of carbonyl (C=O) groups is 1. The maximum absolute atomic E-state index is 10.9. The molecule has 0 amide bonds. The second-order valence-electron chi connectivity index (χ2n) is 4.51. The van der Waals surface area contributed by atoms with Gasteiger partial charge in [-0.05, 0) is 30.4 Å². The summed E-state index contributed by atoms with van der Waals surface area (Å²) >= 11 is 1.31. The van der Waals surface area contributed by atoms with Gasteiger partial charge in [0.05, 0.1) is 5.69 Å². The minimum atomic E-state index is 0.140. The first-order valence-electron chi connectivity index (χ1n) is 5.83. The molecular weight excluding hydrogens is 232 g/mol. The van der Waals surface area contributed by atoms with Crippen molar-refractivity contribution in [2.24, 2.45) is 0 Å². The summed E-state index contributed by atoms with van der Waals surface area (Å²) in [5, 5.41) is 0.140. The average Bonchev–Trinajstić information content (AvgIpc) is 3.06. The quantitative estimate of drug-likeness (QED) is 0.835. The first kappa shape index (κ1) is 10.8. The molecule has 0 saturated heterocycles. The summed E-state index contributed by atoms with van der Waals surface area (Å²) in [5.41, 5.74) is 3.34. The Morgan fingerprint density at radius 2 is 2.29 bits per heavy atom. The standard InChI is InChI=1S/C13H14N2OS/c1-9(16)17-8-12-7-15-6-11(10-2-3-10)4-5-13(15)14-12/h4-7,10H,2-3,8H2,1H3. The van der Waals surface area contributed by atoms with E-state index in [-0.39, 0.29) is 5.12 Å². The number of thioether (sulfide) groups is 1. The maximum Gasteiger partial charge on any atom is 0.186 e. The topological polar surface area (TPSA) is 34.4 Å². The van der Waals surface area contributed by atoms with Crippen LogP contribution < -0.4 is 0 Å². The molecule has 1 saturated carbocycles. The zero-order valence-electron chi connectivity index (χ0n) is 9.72. The number of nitrogens with zero attached hydrogens (tertiary/aromatic N) is 2. The van der Waals surface area contributed by atoms with E-state index in [0.717, 1.165) is 17.3 Å². The Hall–Kier alpha value is -1.29. The predicted molar refractivity (Wildman–Crippen MR) is 69.1 cm³/mol. The van der Waals surface area contributed by atoms with Crippen molar-refractivity contribution in [2.45, 2.75) is 31.4 Å². The van der Waals surface area contributed by atoms with E-state index >= 15 is 0 Å². The fourth-order valence-electron chi connectivity index (χ4n) is 1.96. The summed E-state index contributed by atoms with van der Waals surface area (Å²) in [7, 11) is 0. The van der Waals surface area contributed by atoms with E-state index < -0.39 is 0 Å². The van der Waals surface area contributed by atoms with Gasteiger partial charge in [0.25, 0.3) is 0 Å². The molecule has 0 aliphatic heterocycles. The van der Waals surface area contributed by atoms with Crippen LogP contribution in [0, 0.1) is 0 Å². The molecule has 4 heteroatoms.